The number of carbonyl (C=O) groups excluding carboxylic acids is 1. The van der Waals surface area contributed by atoms with Gasteiger partial charge >= 0.3 is 18.5 Å². The first-order chi connectivity index (χ1) is 39.1. The number of fused-ring (bicyclic) bond motifs is 3. The SMILES string of the molecule is CC(C)CC1(C(N)=O)CN(c2ccc(C(F)(F)F)c(-c3[nH]nc4ncccc34)n2)C1.FC(F)(F)c1ccc(C2CCNCC2)nc1-c1[nH]nc2ncccc12.NCC1CCCN(c2cc(C(F)(F)F)cc(-c3[nH]nc4ncccc34)n2)C1.[HH].[HH].[HH].[HH].[HH].[HH]. The molecule has 82 heavy (non-hydrogen) atoms. The average Bonchev–Trinajstić information content (AvgIpc) is 1.00. The van der Waals surface area contributed by atoms with Crippen LogP contribution in [0.5, 0.6) is 0 Å². The van der Waals surface area contributed by atoms with Gasteiger partial charge in [-0.05, 0) is 136 Å². The molecule has 3 saturated heterocycles. The van der Waals surface area contributed by atoms with Crippen molar-refractivity contribution in [2.45, 2.75) is 70.4 Å². The van der Waals surface area contributed by atoms with Crippen LogP contribution in [0.3, 0.4) is 0 Å². The maximum absolute atomic E-state index is 13.7. The van der Waals surface area contributed by atoms with Gasteiger partial charge < -0.3 is 26.6 Å². The predicted molar refractivity (Wildman–Crippen MR) is 301 cm³/mol. The van der Waals surface area contributed by atoms with Crippen molar-refractivity contribution in [2.75, 3.05) is 55.6 Å². The van der Waals surface area contributed by atoms with Gasteiger partial charge in [0, 0.05) is 81.1 Å². The van der Waals surface area contributed by atoms with Crippen LogP contribution in [0.15, 0.2) is 91.4 Å². The summed E-state index contributed by atoms with van der Waals surface area (Å²) in [4.78, 5) is 41.1. The minimum atomic E-state index is -4.59. The molecule has 3 aliphatic rings. The van der Waals surface area contributed by atoms with Crippen molar-refractivity contribution < 1.29 is 52.9 Å². The molecule has 0 radical (unpaired) electrons. The molecule has 27 heteroatoms. The second kappa shape index (κ2) is 22.9. The van der Waals surface area contributed by atoms with E-state index in [1.54, 1.807) is 53.7 Å². The van der Waals surface area contributed by atoms with Crippen LogP contribution in [-0.4, -0.2) is 112 Å². The smallest absolute Gasteiger partial charge is 0.369 e. The van der Waals surface area contributed by atoms with Crippen molar-refractivity contribution in [3.8, 4) is 34.2 Å². The Morgan fingerprint density at radius 2 is 1.21 bits per heavy atom. The van der Waals surface area contributed by atoms with E-state index >= 15 is 0 Å². The molecule has 0 aromatic carbocycles. The van der Waals surface area contributed by atoms with Gasteiger partial charge in [0.05, 0.1) is 44.9 Å². The summed E-state index contributed by atoms with van der Waals surface area (Å²) in [5.74, 6) is 0.949. The van der Waals surface area contributed by atoms with Gasteiger partial charge in [-0.15, -0.1) is 0 Å². The number of rotatable bonds is 10. The Hall–Kier alpha value is -8.33. The second-order valence-corrected chi connectivity index (χ2v) is 21.0. The number of nitrogens with one attached hydrogen (secondary N) is 4. The number of hydrogen-bond acceptors (Lipinski definition) is 14. The maximum atomic E-state index is 13.7. The van der Waals surface area contributed by atoms with Crippen molar-refractivity contribution >= 4 is 50.6 Å². The molecule has 3 aliphatic heterocycles. The van der Waals surface area contributed by atoms with Crippen molar-refractivity contribution in [1.82, 2.24) is 65.8 Å². The lowest BCUT2D eigenvalue weighted by molar-refractivity contribution is -0.138. The molecule has 18 nitrogen and oxygen atoms in total. The van der Waals surface area contributed by atoms with Gasteiger partial charge in [0.1, 0.15) is 23.0 Å². The van der Waals surface area contributed by atoms with Gasteiger partial charge in [-0.2, -0.15) is 54.8 Å². The predicted octanol–water partition coefficient (Wildman–Crippen LogP) is 11.6. The topological polar surface area (TPSA) is 251 Å². The van der Waals surface area contributed by atoms with Gasteiger partial charge in [0.25, 0.3) is 0 Å². The number of carbonyl (C=O) groups is 1. The number of alkyl halides is 9. The zero-order valence-corrected chi connectivity index (χ0v) is 44.3. The molecule has 8 N–H and O–H groups in total. The molecule has 1 amide bonds. The van der Waals surface area contributed by atoms with Gasteiger partial charge in [-0.25, -0.2) is 24.9 Å². The number of H-pyrrole nitrogens is 3. The Labute approximate surface area is 471 Å². The number of aromatic amines is 3. The number of anilines is 2. The number of piperidine rings is 2. The van der Waals surface area contributed by atoms with Crippen LogP contribution in [0, 0.1) is 17.3 Å². The van der Waals surface area contributed by atoms with Crippen LogP contribution < -0.4 is 26.6 Å². The van der Waals surface area contributed by atoms with Crippen molar-refractivity contribution in [3.05, 3.63) is 114 Å². The summed E-state index contributed by atoms with van der Waals surface area (Å²) in [5, 5.41) is 25.0. The Kier molecular flexibility index (Phi) is 15.9. The Morgan fingerprint density at radius 3 is 1.73 bits per heavy atom. The molecule has 0 spiro atoms. The molecule has 442 valence electrons. The van der Waals surface area contributed by atoms with E-state index in [-0.39, 0.29) is 54.8 Å². The van der Waals surface area contributed by atoms with Crippen LogP contribution in [0.4, 0.5) is 51.1 Å². The molecule has 0 bridgehead atoms. The van der Waals surface area contributed by atoms with Gasteiger partial charge in [-0.1, -0.05) is 13.8 Å². The fraction of sp³-hybridized carbons (Fsp3) is 0.382. The van der Waals surface area contributed by atoms with E-state index in [1.165, 1.54) is 18.3 Å². The van der Waals surface area contributed by atoms with Gasteiger partial charge in [0.2, 0.25) is 5.91 Å². The first-order valence-electron chi connectivity index (χ1n) is 26.4. The maximum Gasteiger partial charge on any atom is 0.418 e. The Morgan fingerprint density at radius 1 is 0.671 bits per heavy atom. The summed E-state index contributed by atoms with van der Waals surface area (Å²) < 4.78 is 122. The minimum Gasteiger partial charge on any atom is -0.369 e. The fourth-order valence-corrected chi connectivity index (χ4v) is 10.8. The monoisotopic (exact) mass is 1150 g/mol. The molecule has 9 aromatic rings. The number of nitrogens with two attached hydrogens (primary N) is 2. The number of hydrogen-bond donors (Lipinski definition) is 6. The van der Waals surface area contributed by atoms with E-state index in [2.05, 4.69) is 65.8 Å². The van der Waals surface area contributed by atoms with Gasteiger partial charge in [-0.3, -0.25) is 25.1 Å². The van der Waals surface area contributed by atoms with Crippen molar-refractivity contribution in [2.24, 2.45) is 28.7 Å². The van der Waals surface area contributed by atoms with Crippen LogP contribution in [0.25, 0.3) is 67.3 Å². The largest absolute Gasteiger partial charge is 0.418 e. The third-order valence-electron chi connectivity index (χ3n) is 14.8. The molecule has 0 aliphatic carbocycles. The molecule has 0 saturated carbocycles. The fourth-order valence-electron chi connectivity index (χ4n) is 10.8. The average molecular weight is 1150 g/mol. The number of primary amides is 1. The number of halogens is 9. The van der Waals surface area contributed by atoms with E-state index in [1.807, 2.05) is 18.7 Å². The lowest BCUT2D eigenvalue weighted by Crippen LogP contribution is -2.63. The highest BCUT2D eigenvalue weighted by Crippen LogP contribution is 2.44. The summed E-state index contributed by atoms with van der Waals surface area (Å²) in [6.45, 7) is 8.12. The zero-order valence-electron chi connectivity index (χ0n) is 44.3. The summed E-state index contributed by atoms with van der Waals surface area (Å²) in [6, 6.07) is 17.2. The Bertz CT molecular complexity index is 3740. The number of amides is 1. The van der Waals surface area contributed by atoms with E-state index in [9.17, 15) is 44.3 Å². The van der Waals surface area contributed by atoms with E-state index in [0.717, 1.165) is 63.0 Å². The molecule has 3 fully saturated rings. The lowest BCUT2D eigenvalue weighted by Gasteiger charge is -2.49. The third kappa shape index (κ3) is 12.0. The minimum absolute atomic E-state index is 0. The first kappa shape index (κ1) is 56.9. The van der Waals surface area contributed by atoms with E-state index in [4.69, 9.17) is 11.5 Å². The molecular formula is C55H68F9N17O. The number of aromatic nitrogens is 12. The highest BCUT2D eigenvalue weighted by atomic mass is 19.4. The van der Waals surface area contributed by atoms with E-state index < -0.39 is 46.5 Å². The highest BCUT2D eigenvalue weighted by molar-refractivity contribution is 5.92. The zero-order chi connectivity index (χ0) is 58.1. The summed E-state index contributed by atoms with van der Waals surface area (Å²) in [7, 11) is 0. The van der Waals surface area contributed by atoms with E-state index in [0.29, 0.717) is 95.3 Å². The molecule has 9 aromatic heterocycles. The molecular weight excluding hydrogens is 1090 g/mol. The van der Waals surface area contributed by atoms with Gasteiger partial charge in [0.15, 0.2) is 16.9 Å². The second-order valence-electron chi connectivity index (χ2n) is 21.0. The summed E-state index contributed by atoms with van der Waals surface area (Å²) in [6.07, 6.45) is -4.70. The molecule has 1 atom stereocenters. The number of pyridine rings is 6. The normalized spacial score (nSPS) is 16.9. The molecule has 12 rings (SSSR count). The van der Waals surface area contributed by atoms with Crippen LogP contribution in [0.1, 0.15) is 82.8 Å². The highest BCUT2D eigenvalue weighted by Gasteiger charge is 2.49. The summed E-state index contributed by atoms with van der Waals surface area (Å²) in [5.41, 5.74) is 10.8. The lowest BCUT2D eigenvalue weighted by atomic mass is 9.73. The summed E-state index contributed by atoms with van der Waals surface area (Å²) >= 11 is 0. The standard InChI is InChI=1S/C20H21F3N6O.C18H19F3N6.C17H16F3N5.6H2/c1-11(2)8-19(18(24)30)9-29(10-19)14-6-5-13(20(21,22)23)16(26-14)15-12-4-3-7-25-17(12)28-27-15;19-18(20,21)12-7-14(16-13-4-1-5-23-17(13)26-25-16)24-15(8-12)27-6-2-3-11(9-22)10-27;18-17(19,20)12-3-4-13(10-5-8-21-9-6-10)23-15(12)14-11-2-1-7-22-16(11)25-24-14;;;;;;/h3-7,11H,8-10H2,1-2H3,(H2,24,30)(H,25,27,28);1,4-5,7-8,11H,2-3,6,9-10,22H2,(H,23,25,26);1-4,7,10,21H,5-6,8-9H2,(H,22,24,25);6*1H. The van der Waals surface area contributed by atoms with Crippen LogP contribution in [-0.2, 0) is 23.3 Å². The quantitative estimate of drug-likeness (QED) is 0.0697. The van der Waals surface area contributed by atoms with Crippen molar-refractivity contribution in [1.29, 1.82) is 0 Å². The van der Waals surface area contributed by atoms with Crippen LogP contribution in [0.2, 0.25) is 0 Å². The van der Waals surface area contributed by atoms with Crippen molar-refractivity contribution in [3.63, 3.8) is 0 Å². The number of nitrogens with zero attached hydrogens (tertiary/aromatic N) is 11. The first-order valence-corrected chi connectivity index (χ1v) is 26.4. The van der Waals surface area contributed by atoms with Crippen LogP contribution >= 0.6 is 0 Å². The molecule has 12 heterocycles. The Balaban J connectivity index is 0.000000274. The molecule has 1 unspecified atom stereocenters. The third-order valence-corrected chi connectivity index (χ3v) is 14.8.